The van der Waals surface area contributed by atoms with Crippen LogP contribution >= 0.6 is 11.6 Å². The van der Waals surface area contributed by atoms with Crippen LogP contribution in [0.1, 0.15) is 44.9 Å². The zero-order chi connectivity index (χ0) is 18.1. The third kappa shape index (κ3) is 3.80. The van der Waals surface area contributed by atoms with Crippen LogP contribution in [0.3, 0.4) is 0 Å². The number of aromatic nitrogens is 1. The summed E-state index contributed by atoms with van der Waals surface area (Å²) in [7, 11) is 0. The SMILES string of the molecule is CC(NC(=O)CCc1ncc(-c2ccc(Cl)cc2)o1)C1CC2CCC1C2. The molecule has 2 aliphatic rings. The molecule has 0 radical (unpaired) electrons. The van der Waals surface area contributed by atoms with Crippen LogP contribution in [0.2, 0.25) is 5.02 Å². The van der Waals surface area contributed by atoms with E-state index in [1.807, 2.05) is 24.3 Å². The van der Waals surface area contributed by atoms with Gasteiger partial charge in [-0.2, -0.15) is 0 Å². The van der Waals surface area contributed by atoms with Crippen molar-refractivity contribution in [2.75, 3.05) is 0 Å². The summed E-state index contributed by atoms with van der Waals surface area (Å²) in [6, 6.07) is 7.71. The molecule has 1 N–H and O–H groups in total. The smallest absolute Gasteiger partial charge is 0.220 e. The van der Waals surface area contributed by atoms with Gasteiger partial charge in [-0.05, 0) is 68.2 Å². The van der Waals surface area contributed by atoms with E-state index in [9.17, 15) is 4.79 Å². The molecular weight excluding hydrogens is 348 g/mol. The van der Waals surface area contributed by atoms with E-state index >= 15 is 0 Å². The average Bonchev–Trinajstić information content (AvgIpc) is 3.37. The van der Waals surface area contributed by atoms with Crippen molar-refractivity contribution in [1.29, 1.82) is 0 Å². The fourth-order valence-corrected chi connectivity index (χ4v) is 4.86. The van der Waals surface area contributed by atoms with Crippen molar-refractivity contribution >= 4 is 17.5 Å². The molecule has 2 aliphatic carbocycles. The van der Waals surface area contributed by atoms with Gasteiger partial charge in [0.05, 0.1) is 6.20 Å². The van der Waals surface area contributed by atoms with E-state index in [1.54, 1.807) is 6.20 Å². The van der Waals surface area contributed by atoms with Crippen molar-refractivity contribution in [2.45, 2.75) is 51.5 Å². The molecule has 4 unspecified atom stereocenters. The first kappa shape index (κ1) is 17.6. The fraction of sp³-hybridized carbons (Fsp3) is 0.524. The minimum absolute atomic E-state index is 0.0894. The number of carbonyl (C=O) groups excluding carboxylic acids is 1. The number of benzene rings is 1. The first-order valence-electron chi connectivity index (χ1n) is 9.58. The van der Waals surface area contributed by atoms with Crippen LogP contribution < -0.4 is 5.32 Å². The van der Waals surface area contributed by atoms with Gasteiger partial charge in [-0.15, -0.1) is 0 Å². The van der Waals surface area contributed by atoms with Crippen LogP contribution in [0.5, 0.6) is 0 Å². The minimum atomic E-state index is 0.0894. The van der Waals surface area contributed by atoms with Gasteiger partial charge >= 0.3 is 0 Å². The summed E-state index contributed by atoms with van der Waals surface area (Å²) in [4.78, 5) is 16.6. The van der Waals surface area contributed by atoms with Gasteiger partial charge in [0.2, 0.25) is 5.91 Å². The molecule has 0 aliphatic heterocycles. The normalized spacial score (nSPS) is 25.4. The van der Waals surface area contributed by atoms with Gasteiger partial charge in [0, 0.05) is 29.5 Å². The summed E-state index contributed by atoms with van der Waals surface area (Å²) in [6.07, 6.45) is 8.02. The second-order valence-electron chi connectivity index (χ2n) is 7.82. The lowest BCUT2D eigenvalue weighted by molar-refractivity contribution is -0.122. The summed E-state index contributed by atoms with van der Waals surface area (Å²) in [5.74, 6) is 3.78. The molecule has 5 heteroatoms. The Bertz CT molecular complexity index is 771. The van der Waals surface area contributed by atoms with Crippen molar-refractivity contribution in [3.8, 4) is 11.3 Å². The number of rotatable bonds is 6. The Kier molecular flexibility index (Phi) is 5.03. The number of halogens is 1. The van der Waals surface area contributed by atoms with Gasteiger partial charge in [0.15, 0.2) is 11.7 Å². The maximum Gasteiger partial charge on any atom is 0.220 e. The van der Waals surface area contributed by atoms with Crippen LogP contribution in [0, 0.1) is 17.8 Å². The number of nitrogens with one attached hydrogen (secondary N) is 1. The molecule has 2 fully saturated rings. The van der Waals surface area contributed by atoms with Crippen molar-refractivity contribution in [3.63, 3.8) is 0 Å². The Morgan fingerprint density at radius 2 is 2.12 bits per heavy atom. The maximum absolute atomic E-state index is 12.3. The highest BCUT2D eigenvalue weighted by Gasteiger charge is 2.42. The topological polar surface area (TPSA) is 55.1 Å². The second kappa shape index (κ2) is 7.43. The molecule has 2 aromatic rings. The number of hydrogen-bond donors (Lipinski definition) is 1. The average molecular weight is 373 g/mol. The molecule has 138 valence electrons. The van der Waals surface area contributed by atoms with Gasteiger partial charge < -0.3 is 9.73 Å². The summed E-state index contributed by atoms with van der Waals surface area (Å²) >= 11 is 5.91. The molecule has 1 heterocycles. The fourth-order valence-electron chi connectivity index (χ4n) is 4.73. The van der Waals surface area contributed by atoms with E-state index in [1.165, 1.54) is 25.7 Å². The number of aryl methyl sites for hydroxylation is 1. The Morgan fingerprint density at radius 3 is 2.81 bits per heavy atom. The van der Waals surface area contributed by atoms with Crippen molar-refractivity contribution in [3.05, 3.63) is 41.4 Å². The first-order valence-corrected chi connectivity index (χ1v) is 9.96. The Hall–Kier alpha value is -1.81. The minimum Gasteiger partial charge on any atom is -0.441 e. The molecule has 2 bridgehead atoms. The monoisotopic (exact) mass is 372 g/mol. The molecule has 0 saturated heterocycles. The highest BCUT2D eigenvalue weighted by Crippen LogP contribution is 2.49. The van der Waals surface area contributed by atoms with Crippen molar-refractivity contribution in [2.24, 2.45) is 17.8 Å². The van der Waals surface area contributed by atoms with E-state index < -0.39 is 0 Å². The molecule has 4 atom stereocenters. The second-order valence-corrected chi connectivity index (χ2v) is 8.26. The summed E-state index contributed by atoms with van der Waals surface area (Å²) in [6.45, 7) is 2.16. The molecule has 1 aromatic heterocycles. The van der Waals surface area contributed by atoms with Gasteiger partial charge in [0.1, 0.15) is 0 Å². The molecule has 1 aromatic carbocycles. The van der Waals surface area contributed by atoms with E-state index in [4.69, 9.17) is 16.0 Å². The van der Waals surface area contributed by atoms with E-state index in [0.29, 0.717) is 35.4 Å². The molecular formula is C21H25ClN2O2. The molecule has 0 spiro atoms. The van der Waals surface area contributed by atoms with Crippen LogP contribution in [0.15, 0.2) is 34.9 Å². The van der Waals surface area contributed by atoms with E-state index in [0.717, 1.165) is 17.4 Å². The van der Waals surface area contributed by atoms with Gasteiger partial charge in [-0.1, -0.05) is 18.0 Å². The molecule has 2 saturated carbocycles. The lowest BCUT2D eigenvalue weighted by Crippen LogP contribution is -2.40. The summed E-state index contributed by atoms with van der Waals surface area (Å²) < 4.78 is 5.77. The summed E-state index contributed by atoms with van der Waals surface area (Å²) in [5.41, 5.74) is 0.933. The lowest BCUT2D eigenvalue weighted by Gasteiger charge is -2.28. The van der Waals surface area contributed by atoms with Crippen LogP contribution in [-0.2, 0) is 11.2 Å². The lowest BCUT2D eigenvalue weighted by atomic mass is 9.84. The van der Waals surface area contributed by atoms with E-state index in [-0.39, 0.29) is 11.9 Å². The summed E-state index contributed by atoms with van der Waals surface area (Å²) in [5, 5.41) is 3.89. The predicted molar refractivity (Wildman–Crippen MR) is 102 cm³/mol. The van der Waals surface area contributed by atoms with Gasteiger partial charge in [-0.25, -0.2) is 4.98 Å². The van der Waals surface area contributed by atoms with Gasteiger partial charge in [0.25, 0.3) is 0 Å². The first-order chi connectivity index (χ1) is 12.6. The third-order valence-corrected chi connectivity index (χ3v) is 6.32. The van der Waals surface area contributed by atoms with Crippen LogP contribution in [0.25, 0.3) is 11.3 Å². The highest BCUT2D eigenvalue weighted by molar-refractivity contribution is 6.30. The Balaban J connectivity index is 1.27. The molecule has 26 heavy (non-hydrogen) atoms. The number of fused-ring (bicyclic) bond motifs is 2. The van der Waals surface area contributed by atoms with Gasteiger partial charge in [-0.3, -0.25) is 4.79 Å². The number of hydrogen-bond acceptors (Lipinski definition) is 3. The Morgan fingerprint density at radius 1 is 1.31 bits per heavy atom. The largest absolute Gasteiger partial charge is 0.441 e. The highest BCUT2D eigenvalue weighted by atomic mass is 35.5. The zero-order valence-electron chi connectivity index (χ0n) is 15.1. The molecule has 1 amide bonds. The quantitative estimate of drug-likeness (QED) is 0.787. The van der Waals surface area contributed by atoms with Crippen molar-refractivity contribution in [1.82, 2.24) is 10.3 Å². The molecule has 4 rings (SSSR count). The number of carbonyl (C=O) groups is 1. The number of oxazole rings is 1. The number of amides is 1. The zero-order valence-corrected chi connectivity index (χ0v) is 15.8. The molecule has 4 nitrogen and oxygen atoms in total. The van der Waals surface area contributed by atoms with E-state index in [2.05, 4.69) is 17.2 Å². The Labute approximate surface area is 159 Å². The maximum atomic E-state index is 12.3. The van der Waals surface area contributed by atoms with Crippen LogP contribution in [-0.4, -0.2) is 16.9 Å². The third-order valence-electron chi connectivity index (χ3n) is 6.07. The standard InChI is InChI=1S/C21H25ClN2O2/c1-13(18-11-14-2-3-16(18)10-14)24-20(25)8-9-21-23-12-19(26-21)15-4-6-17(22)7-5-15/h4-7,12-14,16,18H,2-3,8-11H2,1H3,(H,24,25). The predicted octanol–water partition coefficient (Wildman–Crippen LogP) is 4.87. The van der Waals surface area contributed by atoms with Crippen LogP contribution in [0.4, 0.5) is 0 Å². The number of nitrogens with zero attached hydrogens (tertiary/aromatic N) is 1. The van der Waals surface area contributed by atoms with Crippen molar-refractivity contribution < 1.29 is 9.21 Å².